The van der Waals surface area contributed by atoms with Gasteiger partial charge in [-0.1, -0.05) is 0 Å². The van der Waals surface area contributed by atoms with Crippen LogP contribution >= 0.6 is 12.2 Å². The van der Waals surface area contributed by atoms with E-state index in [4.69, 9.17) is 11.0 Å². The van der Waals surface area contributed by atoms with E-state index in [1.807, 2.05) is 18.3 Å². The van der Waals surface area contributed by atoms with Gasteiger partial charge in [-0.3, -0.25) is 9.88 Å². The van der Waals surface area contributed by atoms with Crippen LogP contribution in [-0.4, -0.2) is 15.0 Å². The van der Waals surface area contributed by atoms with E-state index in [1.165, 1.54) is 4.90 Å². The maximum atomic E-state index is 8.65. The van der Waals surface area contributed by atoms with Crippen LogP contribution in [0.4, 0.5) is 0 Å². The van der Waals surface area contributed by atoms with Crippen molar-refractivity contribution in [1.29, 1.82) is 5.26 Å². The lowest BCUT2D eigenvalue weighted by Crippen LogP contribution is -2.30. The third kappa shape index (κ3) is 2.69. The lowest BCUT2D eigenvalue weighted by atomic mass is 10.2. The first-order chi connectivity index (χ1) is 6.24. The van der Waals surface area contributed by atoms with E-state index in [-0.39, 0.29) is 5.11 Å². The zero-order valence-corrected chi connectivity index (χ0v) is 7.66. The molecule has 0 amide bonds. The van der Waals surface area contributed by atoms with Crippen molar-refractivity contribution in [2.75, 3.05) is 0 Å². The molecule has 1 aromatic rings. The minimum absolute atomic E-state index is 0.0827. The summed E-state index contributed by atoms with van der Waals surface area (Å²) < 4.78 is 0. The quantitative estimate of drug-likeness (QED) is 0.422. The molecule has 1 heterocycles. The number of aromatic nitrogens is 1. The standard InChI is InChI=1S/C8H8N4S/c9-6-12(8(10)13)5-7-1-3-11-4-2-7/h1-4H,5H2,(H2,10,13). The van der Waals surface area contributed by atoms with Crippen molar-refractivity contribution in [2.24, 2.45) is 5.73 Å². The second-order valence-corrected chi connectivity index (χ2v) is 2.80. The van der Waals surface area contributed by atoms with Crippen LogP contribution < -0.4 is 5.73 Å². The molecule has 4 nitrogen and oxygen atoms in total. The molecule has 0 unspecified atom stereocenters. The van der Waals surface area contributed by atoms with E-state index in [9.17, 15) is 0 Å². The first kappa shape index (κ1) is 9.42. The summed E-state index contributed by atoms with van der Waals surface area (Å²) >= 11 is 4.68. The Kier molecular flexibility index (Phi) is 3.17. The van der Waals surface area contributed by atoms with Crippen molar-refractivity contribution in [3.63, 3.8) is 0 Å². The molecule has 0 aliphatic rings. The fourth-order valence-corrected chi connectivity index (χ4v) is 0.939. The van der Waals surface area contributed by atoms with Gasteiger partial charge in [-0.25, -0.2) is 0 Å². The zero-order chi connectivity index (χ0) is 9.68. The van der Waals surface area contributed by atoms with E-state index in [1.54, 1.807) is 12.4 Å². The SMILES string of the molecule is N#CN(Cc1ccncc1)C(N)=S. The molecular formula is C8H8N4S. The van der Waals surface area contributed by atoms with Crippen LogP contribution in [0.15, 0.2) is 24.5 Å². The van der Waals surface area contributed by atoms with Gasteiger partial charge in [0.2, 0.25) is 0 Å². The van der Waals surface area contributed by atoms with Gasteiger partial charge in [-0.05, 0) is 29.9 Å². The highest BCUT2D eigenvalue weighted by Gasteiger charge is 2.04. The number of nitrogens with zero attached hydrogens (tertiary/aromatic N) is 3. The lowest BCUT2D eigenvalue weighted by molar-refractivity contribution is 0.575. The molecule has 1 rings (SSSR count). The van der Waals surface area contributed by atoms with Gasteiger partial charge >= 0.3 is 0 Å². The number of hydrogen-bond donors (Lipinski definition) is 1. The van der Waals surface area contributed by atoms with Crippen molar-refractivity contribution in [2.45, 2.75) is 6.54 Å². The van der Waals surface area contributed by atoms with Crippen molar-refractivity contribution in [3.8, 4) is 6.19 Å². The van der Waals surface area contributed by atoms with Gasteiger partial charge in [0.15, 0.2) is 11.3 Å². The summed E-state index contributed by atoms with van der Waals surface area (Å²) in [4.78, 5) is 5.10. The Hall–Kier alpha value is -1.67. The number of hydrogen-bond acceptors (Lipinski definition) is 3. The first-order valence-electron chi connectivity index (χ1n) is 3.59. The Balaban J connectivity index is 2.69. The average Bonchev–Trinajstić information content (AvgIpc) is 2.15. The van der Waals surface area contributed by atoms with Crippen LogP contribution in [0.2, 0.25) is 0 Å². The van der Waals surface area contributed by atoms with E-state index in [0.29, 0.717) is 6.54 Å². The Morgan fingerprint density at radius 2 is 2.23 bits per heavy atom. The molecule has 0 spiro atoms. The molecule has 0 fully saturated rings. The second kappa shape index (κ2) is 4.38. The number of nitriles is 1. The van der Waals surface area contributed by atoms with Gasteiger partial charge in [0, 0.05) is 12.4 Å². The van der Waals surface area contributed by atoms with Crippen LogP contribution in [0.5, 0.6) is 0 Å². The number of pyridine rings is 1. The van der Waals surface area contributed by atoms with Crippen LogP contribution in [0, 0.1) is 11.5 Å². The second-order valence-electron chi connectivity index (χ2n) is 2.38. The van der Waals surface area contributed by atoms with Gasteiger partial charge in [0.25, 0.3) is 0 Å². The molecule has 66 valence electrons. The zero-order valence-electron chi connectivity index (χ0n) is 6.84. The van der Waals surface area contributed by atoms with Crippen molar-refractivity contribution < 1.29 is 0 Å². The van der Waals surface area contributed by atoms with Crippen molar-refractivity contribution in [1.82, 2.24) is 9.88 Å². The summed E-state index contributed by atoms with van der Waals surface area (Å²) in [6.07, 6.45) is 5.21. The molecule has 2 N–H and O–H groups in total. The molecule has 0 saturated heterocycles. The molecular weight excluding hydrogens is 184 g/mol. The average molecular weight is 192 g/mol. The molecule has 0 aromatic carbocycles. The van der Waals surface area contributed by atoms with Crippen LogP contribution in [0.25, 0.3) is 0 Å². The van der Waals surface area contributed by atoms with E-state index < -0.39 is 0 Å². The predicted octanol–water partition coefficient (Wildman–Crippen LogP) is 0.608. The topological polar surface area (TPSA) is 65.9 Å². The first-order valence-corrected chi connectivity index (χ1v) is 4.00. The van der Waals surface area contributed by atoms with Crippen molar-refractivity contribution in [3.05, 3.63) is 30.1 Å². The third-order valence-corrected chi connectivity index (χ3v) is 1.70. The third-order valence-electron chi connectivity index (χ3n) is 1.48. The maximum absolute atomic E-state index is 8.65. The molecule has 0 saturated carbocycles. The molecule has 1 aromatic heterocycles. The summed E-state index contributed by atoms with van der Waals surface area (Å²) in [5.74, 6) is 0. The summed E-state index contributed by atoms with van der Waals surface area (Å²) in [5, 5.41) is 8.73. The smallest absolute Gasteiger partial charge is 0.186 e. The largest absolute Gasteiger partial charge is 0.375 e. The Morgan fingerprint density at radius 1 is 1.62 bits per heavy atom. The Bertz CT molecular complexity index is 330. The van der Waals surface area contributed by atoms with Crippen LogP contribution in [0.1, 0.15) is 5.56 Å². The highest BCUT2D eigenvalue weighted by atomic mass is 32.1. The van der Waals surface area contributed by atoms with Crippen molar-refractivity contribution >= 4 is 17.3 Å². The summed E-state index contributed by atoms with van der Waals surface area (Å²) in [6.45, 7) is 0.397. The fourth-order valence-electron chi connectivity index (χ4n) is 0.833. The lowest BCUT2D eigenvalue weighted by Gasteiger charge is -2.12. The fraction of sp³-hybridized carbons (Fsp3) is 0.125. The van der Waals surface area contributed by atoms with Gasteiger partial charge < -0.3 is 5.73 Å². The minimum atomic E-state index is 0.0827. The van der Waals surface area contributed by atoms with Crippen LogP contribution in [-0.2, 0) is 6.54 Å². The Labute approximate surface area is 81.6 Å². The summed E-state index contributed by atoms with van der Waals surface area (Å²) in [6, 6.07) is 3.62. The predicted molar refractivity (Wildman–Crippen MR) is 52.2 cm³/mol. The van der Waals surface area contributed by atoms with E-state index >= 15 is 0 Å². The molecule has 13 heavy (non-hydrogen) atoms. The Morgan fingerprint density at radius 3 is 2.69 bits per heavy atom. The monoisotopic (exact) mass is 192 g/mol. The molecule has 0 bridgehead atoms. The molecule has 0 atom stereocenters. The normalized spacial score (nSPS) is 8.85. The number of thiocarbonyl (C=S) groups is 1. The summed E-state index contributed by atoms with van der Waals surface area (Å²) in [7, 11) is 0. The van der Waals surface area contributed by atoms with E-state index in [0.717, 1.165) is 5.56 Å². The molecule has 0 radical (unpaired) electrons. The highest BCUT2D eigenvalue weighted by molar-refractivity contribution is 7.80. The minimum Gasteiger partial charge on any atom is -0.375 e. The molecule has 0 aliphatic heterocycles. The highest BCUT2D eigenvalue weighted by Crippen LogP contribution is 2.01. The van der Waals surface area contributed by atoms with Crippen LogP contribution in [0.3, 0.4) is 0 Å². The number of rotatable bonds is 2. The van der Waals surface area contributed by atoms with Gasteiger partial charge in [0.1, 0.15) is 0 Å². The van der Waals surface area contributed by atoms with Gasteiger partial charge in [-0.2, -0.15) is 5.26 Å². The maximum Gasteiger partial charge on any atom is 0.186 e. The molecule has 5 heteroatoms. The summed E-state index contributed by atoms with van der Waals surface area (Å²) in [5.41, 5.74) is 6.26. The van der Waals surface area contributed by atoms with Gasteiger partial charge in [0.05, 0.1) is 6.54 Å². The number of nitrogens with two attached hydrogens (primary N) is 1. The van der Waals surface area contributed by atoms with Gasteiger partial charge in [-0.15, -0.1) is 0 Å². The molecule has 0 aliphatic carbocycles. The van der Waals surface area contributed by atoms with E-state index in [2.05, 4.69) is 17.2 Å².